The molecule has 0 bridgehead atoms. The van der Waals surface area contributed by atoms with Crippen LogP contribution in [0.15, 0.2) is 0 Å². The number of aliphatic carboxylic acids is 2. The minimum Gasteiger partial charge on any atom is -0.480 e. The van der Waals surface area contributed by atoms with Crippen LogP contribution in [0.25, 0.3) is 0 Å². The first-order valence-electron chi connectivity index (χ1n) is 11.2. The molecule has 0 amide bonds. The van der Waals surface area contributed by atoms with E-state index >= 15 is 0 Å². The van der Waals surface area contributed by atoms with Gasteiger partial charge in [0.05, 0.1) is 6.54 Å². The van der Waals surface area contributed by atoms with E-state index < -0.39 is 18.0 Å². The van der Waals surface area contributed by atoms with Gasteiger partial charge in [0.15, 0.2) is 0 Å². The summed E-state index contributed by atoms with van der Waals surface area (Å²) < 4.78 is 1.51. The summed E-state index contributed by atoms with van der Waals surface area (Å²) in [5, 5.41) is 15.5. The van der Waals surface area contributed by atoms with Gasteiger partial charge < -0.3 is 21.7 Å². The predicted molar refractivity (Wildman–Crippen MR) is 119 cm³/mol. The van der Waals surface area contributed by atoms with Crippen molar-refractivity contribution < 1.29 is 19.8 Å². The number of hydrogen-bond acceptors (Lipinski definition) is 4. The van der Waals surface area contributed by atoms with Crippen molar-refractivity contribution in [2.24, 2.45) is 11.5 Å². The molecule has 0 heterocycles. The Morgan fingerprint density at radius 3 is 1.21 bits per heavy atom. The standard InChI is InChI=1S/C16H33.C3H7NO2.C2H5NO2.Na/c1-3-5-7-9-11-13-15-16-14-12-10-8-6-4-2;1-2(4)3(5)6;3-1-2(4)5;/h1,3-16H2,2H3;2H,4H2,1H3,(H,5,6);1,3H2,(H,4,5);. The van der Waals surface area contributed by atoms with Gasteiger partial charge in [-0.3, -0.25) is 9.59 Å². The van der Waals surface area contributed by atoms with E-state index in [0.29, 0.717) is 0 Å². The fourth-order valence-corrected chi connectivity index (χ4v) is 2.94. The Balaban J connectivity index is -0.000000464. The zero-order chi connectivity index (χ0) is 22.0. The molecule has 0 rings (SSSR count). The molecule has 1 unspecified atom stereocenters. The second kappa shape index (κ2) is 29.1. The Kier molecular flexibility index (Phi) is 33.8. The average Bonchev–Trinajstić information content (AvgIpc) is 2.66. The van der Waals surface area contributed by atoms with Gasteiger partial charge in [-0.2, -0.15) is 0 Å². The second-order valence-corrected chi connectivity index (χ2v) is 8.32. The van der Waals surface area contributed by atoms with Crippen molar-refractivity contribution in [1.29, 1.82) is 0 Å². The quantitative estimate of drug-likeness (QED) is 0.218. The Morgan fingerprint density at radius 1 is 0.786 bits per heavy atom. The van der Waals surface area contributed by atoms with Gasteiger partial charge >= 0.3 is 114 Å². The molecule has 6 nitrogen and oxygen atoms in total. The zero-order valence-electron chi connectivity index (χ0n) is 18.8. The van der Waals surface area contributed by atoms with Gasteiger partial charge in [-0.05, 0) is 6.92 Å². The van der Waals surface area contributed by atoms with Crippen molar-refractivity contribution in [2.75, 3.05) is 6.54 Å². The van der Waals surface area contributed by atoms with Gasteiger partial charge in [0.2, 0.25) is 0 Å². The summed E-state index contributed by atoms with van der Waals surface area (Å²) in [5.74, 6) is -1.93. The molecule has 28 heavy (non-hydrogen) atoms. The molecule has 0 aromatic heterocycles. The van der Waals surface area contributed by atoms with Crippen LogP contribution < -0.4 is 11.5 Å². The van der Waals surface area contributed by atoms with E-state index in [-0.39, 0.29) is 6.54 Å². The molecule has 6 N–H and O–H groups in total. The maximum absolute atomic E-state index is 9.57. The zero-order valence-corrected chi connectivity index (χ0v) is 20.8. The van der Waals surface area contributed by atoms with Crippen LogP contribution in [0.4, 0.5) is 0 Å². The van der Waals surface area contributed by atoms with Crippen molar-refractivity contribution in [3.63, 3.8) is 0 Å². The maximum atomic E-state index is 9.57. The molecule has 0 saturated carbocycles. The monoisotopic (exact) mass is 412 g/mol. The normalized spacial score (nSPS) is 10.9. The van der Waals surface area contributed by atoms with Gasteiger partial charge in [0.1, 0.15) is 6.04 Å². The summed E-state index contributed by atoms with van der Waals surface area (Å²) in [4.78, 5) is 18.8. The van der Waals surface area contributed by atoms with Gasteiger partial charge in [0.25, 0.3) is 0 Å². The van der Waals surface area contributed by atoms with E-state index in [0.717, 1.165) is 0 Å². The fourth-order valence-electron chi connectivity index (χ4n) is 2.44. The summed E-state index contributed by atoms with van der Waals surface area (Å²) >= 11 is 1.41. The van der Waals surface area contributed by atoms with Gasteiger partial charge in [-0.1, -0.05) is 26.2 Å². The topological polar surface area (TPSA) is 127 Å². The molecule has 7 heteroatoms. The Hall–Kier alpha value is -0.140. The summed E-state index contributed by atoms with van der Waals surface area (Å²) in [6.07, 6.45) is 20.7. The van der Waals surface area contributed by atoms with Crippen molar-refractivity contribution >= 4 is 39.9 Å². The molecule has 0 aromatic rings. The third kappa shape index (κ3) is 40.5. The number of hydrogen-bond donors (Lipinski definition) is 4. The molecule has 0 saturated heterocycles. The summed E-state index contributed by atoms with van der Waals surface area (Å²) in [7, 11) is 0. The van der Waals surface area contributed by atoms with Gasteiger partial charge in [-0.15, -0.1) is 0 Å². The molecule has 0 aromatic carbocycles. The maximum Gasteiger partial charge on any atom is 0.317 e. The van der Waals surface area contributed by atoms with Crippen molar-refractivity contribution in [1.82, 2.24) is 0 Å². The van der Waals surface area contributed by atoms with Gasteiger partial charge in [-0.25, -0.2) is 0 Å². The first kappa shape index (κ1) is 32.5. The van der Waals surface area contributed by atoms with Crippen LogP contribution in [0.1, 0.15) is 104 Å². The first-order chi connectivity index (χ1) is 13.3. The minimum atomic E-state index is -0.968. The molecule has 164 valence electrons. The Morgan fingerprint density at radius 2 is 1.04 bits per heavy atom. The SMILES string of the molecule is CC(N)C(=O)O.CCCCCCCCCCCCCCC[CH2][Na].NCC(=O)O. The van der Waals surface area contributed by atoms with E-state index in [4.69, 9.17) is 15.9 Å². The number of rotatable bonds is 16. The van der Waals surface area contributed by atoms with Crippen LogP contribution in [0.5, 0.6) is 0 Å². The van der Waals surface area contributed by atoms with Gasteiger partial charge in [0, 0.05) is 0 Å². The van der Waals surface area contributed by atoms with Crippen LogP contribution in [0, 0.1) is 0 Å². The van der Waals surface area contributed by atoms with Crippen LogP contribution in [0.3, 0.4) is 0 Å². The largest absolute Gasteiger partial charge is 0.480 e. The smallest absolute Gasteiger partial charge is 0.317 e. The van der Waals surface area contributed by atoms with Crippen LogP contribution in [-0.4, -0.2) is 62.7 Å². The van der Waals surface area contributed by atoms with E-state index in [2.05, 4.69) is 12.7 Å². The second-order valence-electron chi connectivity index (χ2n) is 7.32. The van der Waals surface area contributed by atoms with Crippen LogP contribution in [0.2, 0.25) is 3.67 Å². The first-order valence-corrected chi connectivity index (χ1v) is 12.6. The summed E-state index contributed by atoms with van der Waals surface area (Å²) in [6.45, 7) is 3.44. The van der Waals surface area contributed by atoms with Crippen LogP contribution >= 0.6 is 0 Å². The third-order valence-corrected chi connectivity index (χ3v) is 4.98. The van der Waals surface area contributed by atoms with Crippen molar-refractivity contribution in [3.05, 3.63) is 0 Å². The van der Waals surface area contributed by atoms with E-state index in [1.165, 1.54) is 128 Å². The number of nitrogens with two attached hydrogens (primary N) is 2. The molecule has 0 aliphatic heterocycles. The third-order valence-electron chi connectivity index (χ3n) is 4.27. The number of carboxylic acids is 2. The molecule has 0 aliphatic rings. The Bertz CT molecular complexity index is 316. The molecule has 0 aliphatic carbocycles. The molecular formula is C21H45N2NaO4. The van der Waals surface area contributed by atoms with E-state index in [1.807, 2.05) is 0 Å². The predicted octanol–water partition coefficient (Wildman–Crippen LogP) is 4.50. The number of unbranched alkanes of at least 4 members (excludes halogenated alkanes) is 13. The Labute approximate surface area is 190 Å². The van der Waals surface area contributed by atoms with E-state index in [1.54, 1.807) is 0 Å². The number of carbonyl (C=O) groups is 2. The molecule has 0 fully saturated rings. The summed E-state index contributed by atoms with van der Waals surface area (Å²) in [5.41, 5.74) is 9.41. The summed E-state index contributed by atoms with van der Waals surface area (Å²) in [6, 6.07) is -0.731. The van der Waals surface area contributed by atoms with E-state index in [9.17, 15) is 9.59 Å². The molecule has 1 atom stereocenters. The van der Waals surface area contributed by atoms with Crippen molar-refractivity contribution in [3.8, 4) is 0 Å². The number of carboxylic acid groups (broad SMARTS) is 2. The minimum absolute atomic E-state index is 0.278. The fraction of sp³-hybridized carbons (Fsp3) is 0.905. The molecular weight excluding hydrogens is 367 g/mol. The van der Waals surface area contributed by atoms with Crippen LogP contribution in [-0.2, 0) is 9.59 Å². The average molecular weight is 413 g/mol. The van der Waals surface area contributed by atoms with Crippen molar-refractivity contribution in [2.45, 2.75) is 113 Å². The molecule has 0 spiro atoms. The molecule has 0 radical (unpaired) electrons.